The van der Waals surface area contributed by atoms with E-state index in [1.807, 2.05) is 54.6 Å². The Labute approximate surface area is 186 Å². The molecule has 2 amide bonds. The predicted octanol–water partition coefficient (Wildman–Crippen LogP) is 4.15. The van der Waals surface area contributed by atoms with Crippen LogP contribution >= 0.6 is 11.8 Å². The Morgan fingerprint density at radius 3 is 1.90 bits per heavy atom. The quantitative estimate of drug-likeness (QED) is 0.526. The SMILES string of the molecule is O=C(CCN1c2ccccc2Sc2ccccc21)NCCNC(=O)Cc1ccccc1. The van der Waals surface area contributed by atoms with E-state index in [0.29, 0.717) is 32.5 Å². The fourth-order valence-electron chi connectivity index (χ4n) is 3.57. The number of benzene rings is 3. The van der Waals surface area contributed by atoms with E-state index in [-0.39, 0.29) is 11.8 Å². The lowest BCUT2D eigenvalue weighted by Crippen LogP contribution is -2.36. The molecule has 2 N–H and O–H groups in total. The lowest BCUT2D eigenvalue weighted by molar-refractivity contribution is -0.122. The van der Waals surface area contributed by atoms with Crippen LogP contribution in [0.15, 0.2) is 88.7 Å². The summed E-state index contributed by atoms with van der Waals surface area (Å²) in [4.78, 5) is 29.0. The van der Waals surface area contributed by atoms with Crippen LogP contribution in [0.5, 0.6) is 0 Å². The lowest BCUT2D eigenvalue weighted by atomic mass is 10.1. The van der Waals surface area contributed by atoms with Crippen molar-refractivity contribution >= 4 is 35.0 Å². The standard InChI is InChI=1S/C25H25N3O2S/c29-24(26-15-16-27-25(30)18-19-8-2-1-3-9-19)14-17-28-20-10-4-6-12-22(20)31-23-13-7-5-11-21(23)28/h1-13H,14-18H2,(H,26,29)(H,27,30). The number of hydrogen-bond donors (Lipinski definition) is 2. The second-order valence-electron chi connectivity index (χ2n) is 7.30. The highest BCUT2D eigenvalue weighted by Crippen LogP contribution is 2.47. The number of amides is 2. The molecular formula is C25H25N3O2S. The number of hydrogen-bond acceptors (Lipinski definition) is 4. The number of carbonyl (C=O) groups is 2. The number of carbonyl (C=O) groups excluding carboxylic acids is 2. The molecule has 0 atom stereocenters. The zero-order valence-corrected chi connectivity index (χ0v) is 18.0. The van der Waals surface area contributed by atoms with E-state index in [0.717, 1.165) is 16.9 Å². The Kier molecular flexibility index (Phi) is 6.89. The van der Waals surface area contributed by atoms with Gasteiger partial charge in [0.25, 0.3) is 0 Å². The van der Waals surface area contributed by atoms with Crippen molar-refractivity contribution in [2.75, 3.05) is 24.5 Å². The highest BCUT2D eigenvalue weighted by Gasteiger charge is 2.23. The summed E-state index contributed by atoms with van der Waals surface area (Å²) in [6.07, 6.45) is 0.728. The first kappa shape index (κ1) is 21.0. The van der Waals surface area contributed by atoms with Crippen LogP contribution in [0.3, 0.4) is 0 Å². The molecule has 1 aliphatic rings. The Balaban J connectivity index is 1.24. The zero-order valence-electron chi connectivity index (χ0n) is 17.2. The molecule has 3 aromatic rings. The summed E-state index contributed by atoms with van der Waals surface area (Å²) in [6, 6.07) is 26.2. The van der Waals surface area contributed by atoms with Gasteiger partial charge in [0.1, 0.15) is 0 Å². The molecule has 4 rings (SSSR count). The van der Waals surface area contributed by atoms with Crippen LogP contribution in [0, 0.1) is 0 Å². The highest BCUT2D eigenvalue weighted by molar-refractivity contribution is 7.99. The van der Waals surface area contributed by atoms with Crippen LogP contribution < -0.4 is 15.5 Å². The van der Waals surface area contributed by atoms with E-state index in [1.165, 1.54) is 9.79 Å². The summed E-state index contributed by atoms with van der Waals surface area (Å²) in [5.41, 5.74) is 3.24. The van der Waals surface area contributed by atoms with Crippen molar-refractivity contribution < 1.29 is 9.59 Å². The molecule has 0 saturated heterocycles. The number of rotatable bonds is 8. The fraction of sp³-hybridized carbons (Fsp3) is 0.200. The topological polar surface area (TPSA) is 61.4 Å². The van der Waals surface area contributed by atoms with Crippen molar-refractivity contribution in [3.63, 3.8) is 0 Å². The van der Waals surface area contributed by atoms with Crippen molar-refractivity contribution in [2.24, 2.45) is 0 Å². The van der Waals surface area contributed by atoms with Gasteiger partial charge in [-0.3, -0.25) is 9.59 Å². The first-order valence-electron chi connectivity index (χ1n) is 10.4. The minimum Gasteiger partial charge on any atom is -0.354 e. The Hall–Kier alpha value is -3.25. The van der Waals surface area contributed by atoms with Crippen molar-refractivity contribution in [3.8, 4) is 0 Å². The van der Waals surface area contributed by atoms with Gasteiger partial charge in [0, 0.05) is 35.8 Å². The van der Waals surface area contributed by atoms with E-state index in [1.54, 1.807) is 11.8 Å². The molecular weight excluding hydrogens is 406 g/mol. The third-order valence-corrected chi connectivity index (χ3v) is 6.20. The summed E-state index contributed by atoms with van der Waals surface area (Å²) < 4.78 is 0. The Bertz CT molecular complexity index is 1010. The molecule has 0 spiro atoms. The minimum absolute atomic E-state index is 0.0227. The van der Waals surface area contributed by atoms with Gasteiger partial charge in [-0.2, -0.15) is 0 Å². The summed E-state index contributed by atoms with van der Waals surface area (Å²) in [6.45, 7) is 1.44. The van der Waals surface area contributed by atoms with E-state index >= 15 is 0 Å². The van der Waals surface area contributed by atoms with Gasteiger partial charge in [0.05, 0.1) is 17.8 Å². The summed E-state index contributed by atoms with van der Waals surface area (Å²) >= 11 is 1.76. The third-order valence-electron chi connectivity index (χ3n) is 5.07. The molecule has 0 unspecified atom stereocenters. The molecule has 0 saturated carbocycles. The maximum absolute atomic E-state index is 12.4. The highest BCUT2D eigenvalue weighted by atomic mass is 32.2. The van der Waals surface area contributed by atoms with Gasteiger partial charge in [-0.15, -0.1) is 0 Å². The molecule has 1 aliphatic heterocycles. The lowest BCUT2D eigenvalue weighted by Gasteiger charge is -2.32. The average molecular weight is 432 g/mol. The van der Waals surface area contributed by atoms with Crippen LogP contribution in [-0.4, -0.2) is 31.4 Å². The fourth-order valence-corrected chi connectivity index (χ4v) is 4.67. The van der Waals surface area contributed by atoms with E-state index in [4.69, 9.17) is 0 Å². The van der Waals surface area contributed by atoms with Gasteiger partial charge in [-0.25, -0.2) is 0 Å². The molecule has 1 heterocycles. The summed E-state index contributed by atoms with van der Waals surface area (Å²) in [5, 5.41) is 5.76. The number of fused-ring (bicyclic) bond motifs is 2. The van der Waals surface area contributed by atoms with Crippen molar-refractivity contribution in [3.05, 3.63) is 84.4 Å². The first-order chi connectivity index (χ1) is 15.2. The summed E-state index contributed by atoms with van der Waals surface area (Å²) in [7, 11) is 0. The molecule has 5 nitrogen and oxygen atoms in total. The molecule has 0 aliphatic carbocycles. The van der Waals surface area contributed by atoms with E-state index < -0.39 is 0 Å². The molecule has 0 radical (unpaired) electrons. The van der Waals surface area contributed by atoms with Gasteiger partial charge in [0.2, 0.25) is 11.8 Å². The molecule has 0 fully saturated rings. The second kappa shape index (κ2) is 10.2. The number of nitrogens with zero attached hydrogens (tertiary/aromatic N) is 1. The van der Waals surface area contributed by atoms with Crippen molar-refractivity contribution in [2.45, 2.75) is 22.6 Å². The van der Waals surface area contributed by atoms with Crippen LogP contribution in [0.2, 0.25) is 0 Å². The van der Waals surface area contributed by atoms with Gasteiger partial charge in [-0.1, -0.05) is 66.4 Å². The average Bonchev–Trinajstić information content (AvgIpc) is 2.80. The largest absolute Gasteiger partial charge is 0.354 e. The summed E-state index contributed by atoms with van der Waals surface area (Å²) in [5.74, 6) is -0.0648. The van der Waals surface area contributed by atoms with Gasteiger partial charge in [0.15, 0.2) is 0 Å². The van der Waals surface area contributed by atoms with Crippen molar-refractivity contribution in [1.29, 1.82) is 0 Å². The van der Waals surface area contributed by atoms with Gasteiger partial charge >= 0.3 is 0 Å². The van der Waals surface area contributed by atoms with E-state index in [9.17, 15) is 9.59 Å². The minimum atomic E-state index is -0.0421. The third kappa shape index (κ3) is 5.47. The van der Waals surface area contributed by atoms with E-state index in [2.05, 4.69) is 39.8 Å². The molecule has 31 heavy (non-hydrogen) atoms. The number of nitrogens with one attached hydrogen (secondary N) is 2. The second-order valence-corrected chi connectivity index (χ2v) is 8.39. The molecule has 6 heteroatoms. The first-order valence-corrected chi connectivity index (χ1v) is 11.2. The predicted molar refractivity (Wildman–Crippen MR) is 125 cm³/mol. The van der Waals surface area contributed by atoms with Crippen LogP contribution in [-0.2, 0) is 16.0 Å². The molecule has 0 aromatic heterocycles. The monoisotopic (exact) mass is 431 g/mol. The molecule has 3 aromatic carbocycles. The van der Waals surface area contributed by atoms with Crippen LogP contribution in [0.1, 0.15) is 12.0 Å². The number of para-hydroxylation sites is 2. The normalized spacial score (nSPS) is 11.9. The Morgan fingerprint density at radius 1 is 0.710 bits per heavy atom. The smallest absolute Gasteiger partial charge is 0.224 e. The zero-order chi connectivity index (χ0) is 21.5. The van der Waals surface area contributed by atoms with Crippen molar-refractivity contribution in [1.82, 2.24) is 10.6 Å². The maximum Gasteiger partial charge on any atom is 0.224 e. The number of anilines is 2. The van der Waals surface area contributed by atoms with Crippen LogP contribution in [0.25, 0.3) is 0 Å². The molecule has 158 valence electrons. The van der Waals surface area contributed by atoms with Crippen LogP contribution in [0.4, 0.5) is 11.4 Å². The van der Waals surface area contributed by atoms with Gasteiger partial charge < -0.3 is 15.5 Å². The van der Waals surface area contributed by atoms with Gasteiger partial charge in [-0.05, 0) is 29.8 Å². The molecule has 0 bridgehead atoms. The Morgan fingerprint density at radius 2 is 1.26 bits per heavy atom. The maximum atomic E-state index is 12.4.